The molecule has 0 radical (unpaired) electrons. The van der Waals surface area contributed by atoms with Crippen molar-refractivity contribution in [2.75, 3.05) is 4.90 Å². The summed E-state index contributed by atoms with van der Waals surface area (Å²) in [5.74, 6) is 2.20. The molecule has 59 heavy (non-hydrogen) atoms. The van der Waals surface area contributed by atoms with Crippen LogP contribution in [0.15, 0.2) is 176 Å². The zero-order valence-electron chi connectivity index (χ0n) is 33.0. The van der Waals surface area contributed by atoms with Gasteiger partial charge in [0.05, 0.1) is 10.6 Å². The Bertz CT molecular complexity index is 3080. The molecular formula is C56H45NOS. The van der Waals surface area contributed by atoms with Gasteiger partial charge in [-0.1, -0.05) is 158 Å². The smallest absolute Gasteiger partial charge is 0.128 e. The Labute approximate surface area is 349 Å². The maximum atomic E-state index is 6.42. The summed E-state index contributed by atoms with van der Waals surface area (Å²) < 4.78 is 9.21. The van der Waals surface area contributed by atoms with E-state index < -0.39 is 0 Å². The second kappa shape index (κ2) is 14.3. The molecular weight excluding hydrogens is 735 g/mol. The third kappa shape index (κ3) is 5.89. The van der Waals surface area contributed by atoms with E-state index in [-0.39, 0.29) is 18.1 Å². The number of para-hydroxylation sites is 1. The molecule has 5 unspecified atom stereocenters. The van der Waals surface area contributed by atoms with Gasteiger partial charge in [0.2, 0.25) is 0 Å². The van der Waals surface area contributed by atoms with Crippen molar-refractivity contribution < 1.29 is 4.74 Å². The molecule has 1 aromatic heterocycles. The topological polar surface area (TPSA) is 12.5 Å². The predicted molar refractivity (Wildman–Crippen MR) is 248 cm³/mol. The van der Waals surface area contributed by atoms with E-state index in [1.54, 1.807) is 0 Å². The van der Waals surface area contributed by atoms with Gasteiger partial charge >= 0.3 is 0 Å². The SMILES string of the molecule is C1=CC2=c3ccccc3=CC(C3=CCC(N(C4=c5sc6c(-c7ccccc7)cccc6c5=CCC4)c4ccc(C5=CC6Oc7ccccc7C6C=C5)cc4)C=C3)C2CC1. The first-order valence-corrected chi connectivity index (χ1v) is 22.3. The maximum absolute atomic E-state index is 6.42. The molecule has 0 amide bonds. The van der Waals surface area contributed by atoms with Crippen LogP contribution in [0.25, 0.3) is 50.2 Å². The normalized spacial score (nSPS) is 23.4. The minimum atomic E-state index is 0.0336. The lowest BCUT2D eigenvalue weighted by atomic mass is 9.71. The van der Waals surface area contributed by atoms with Crippen LogP contribution in [0.4, 0.5) is 5.69 Å². The number of ether oxygens (including phenoxy) is 1. The van der Waals surface area contributed by atoms with Crippen molar-refractivity contribution in [2.24, 2.45) is 11.8 Å². The molecule has 0 saturated heterocycles. The van der Waals surface area contributed by atoms with Crippen molar-refractivity contribution >= 4 is 56.1 Å². The lowest BCUT2D eigenvalue weighted by Gasteiger charge is -2.37. The molecule has 2 heterocycles. The number of anilines is 1. The van der Waals surface area contributed by atoms with E-state index in [0.29, 0.717) is 11.8 Å². The molecule has 3 heteroatoms. The van der Waals surface area contributed by atoms with Crippen LogP contribution in [0, 0.1) is 11.8 Å². The van der Waals surface area contributed by atoms with Gasteiger partial charge in [-0.05, 0) is 111 Å². The Morgan fingerprint density at radius 3 is 2.44 bits per heavy atom. The van der Waals surface area contributed by atoms with Crippen molar-refractivity contribution in [3.8, 4) is 16.9 Å². The number of thiophene rings is 1. The molecule has 6 aliphatic rings. The summed E-state index contributed by atoms with van der Waals surface area (Å²) in [6.07, 6.45) is 29.7. The highest BCUT2D eigenvalue weighted by atomic mass is 32.1. The minimum absolute atomic E-state index is 0.0336. The monoisotopic (exact) mass is 779 g/mol. The fourth-order valence-corrected chi connectivity index (χ4v) is 12.1. The second-order valence-electron chi connectivity index (χ2n) is 16.8. The molecule has 286 valence electrons. The van der Waals surface area contributed by atoms with Gasteiger partial charge in [-0.3, -0.25) is 0 Å². The van der Waals surface area contributed by atoms with Crippen molar-refractivity contribution in [1.82, 2.24) is 0 Å². The molecule has 0 bridgehead atoms. The Morgan fingerprint density at radius 1 is 0.678 bits per heavy atom. The molecule has 0 spiro atoms. The van der Waals surface area contributed by atoms with Gasteiger partial charge in [0.15, 0.2) is 0 Å². The lowest BCUT2D eigenvalue weighted by molar-refractivity contribution is 0.269. The quantitative estimate of drug-likeness (QED) is 0.167. The fraction of sp³-hybridized carbons (Fsp3) is 0.179. The average molecular weight is 780 g/mol. The van der Waals surface area contributed by atoms with Crippen LogP contribution < -0.4 is 29.8 Å². The number of fused-ring (bicyclic) bond motifs is 8. The summed E-state index contributed by atoms with van der Waals surface area (Å²) in [7, 11) is 0. The Kier molecular flexibility index (Phi) is 8.44. The van der Waals surface area contributed by atoms with Gasteiger partial charge in [0.25, 0.3) is 0 Å². The van der Waals surface area contributed by atoms with Gasteiger partial charge in [-0.2, -0.15) is 0 Å². The molecule has 5 atom stereocenters. The van der Waals surface area contributed by atoms with Crippen LogP contribution >= 0.6 is 11.3 Å². The van der Waals surface area contributed by atoms with Gasteiger partial charge in [0, 0.05) is 38.9 Å². The third-order valence-corrected chi connectivity index (χ3v) is 14.9. The van der Waals surface area contributed by atoms with Gasteiger partial charge in [-0.25, -0.2) is 0 Å². The highest BCUT2D eigenvalue weighted by Crippen LogP contribution is 2.44. The largest absolute Gasteiger partial charge is 0.485 e. The predicted octanol–water partition coefficient (Wildman–Crippen LogP) is 10.7. The van der Waals surface area contributed by atoms with Gasteiger partial charge in [0.1, 0.15) is 11.9 Å². The molecule has 2 nitrogen and oxygen atoms in total. The summed E-state index contributed by atoms with van der Waals surface area (Å²) in [4.78, 5) is 2.69. The standard InChI is InChI=1S/C56H45NOS/c1-2-12-37(13-3-1)44-19-10-20-49-50-21-11-22-52(56(50)59-55(44)49)57(41-29-24-36(25-30-41)39-28-33-48-47-18-8-9-23-53(47)58-54(48)35-39)42-31-26-38(27-32-42)51-34-40-14-4-5-15-43(40)45-16-6-7-17-46(45)51/h1-6,8-10,12-16,18-21,23-31,33-35,42,46,48,51,54H,7,11,17,22,32H2. The number of hydrogen-bond donors (Lipinski definition) is 0. The number of allylic oxidation sites excluding steroid dienone is 6. The van der Waals surface area contributed by atoms with Gasteiger partial charge < -0.3 is 9.64 Å². The summed E-state index contributed by atoms with van der Waals surface area (Å²) in [6.45, 7) is 0. The molecule has 0 fully saturated rings. The van der Waals surface area contributed by atoms with Crippen molar-refractivity contribution in [3.63, 3.8) is 0 Å². The second-order valence-corrected chi connectivity index (χ2v) is 17.8. The summed E-state index contributed by atoms with van der Waals surface area (Å²) in [5.41, 5.74) is 12.0. The molecule has 0 N–H and O–H groups in total. The van der Waals surface area contributed by atoms with Gasteiger partial charge in [-0.15, -0.1) is 11.3 Å². The van der Waals surface area contributed by atoms with E-state index in [0.717, 1.165) is 31.4 Å². The highest BCUT2D eigenvalue weighted by Gasteiger charge is 2.34. The molecule has 6 aromatic rings. The van der Waals surface area contributed by atoms with Crippen LogP contribution in [0.2, 0.25) is 0 Å². The van der Waals surface area contributed by atoms with Crippen LogP contribution in [0.3, 0.4) is 0 Å². The highest BCUT2D eigenvalue weighted by molar-refractivity contribution is 7.17. The summed E-state index contributed by atoms with van der Waals surface area (Å²) in [5, 5.41) is 5.55. The van der Waals surface area contributed by atoms with Crippen LogP contribution in [-0.4, -0.2) is 12.1 Å². The van der Waals surface area contributed by atoms with Crippen molar-refractivity contribution in [3.05, 3.63) is 207 Å². The van der Waals surface area contributed by atoms with Crippen LogP contribution in [0.1, 0.15) is 49.1 Å². The number of rotatable bonds is 6. The Balaban J connectivity index is 0.941. The molecule has 1 aliphatic heterocycles. The minimum Gasteiger partial charge on any atom is -0.485 e. The van der Waals surface area contributed by atoms with E-state index in [1.807, 2.05) is 11.3 Å². The summed E-state index contributed by atoms with van der Waals surface area (Å²) in [6, 6.07) is 44.8. The van der Waals surface area contributed by atoms with Crippen LogP contribution in [-0.2, 0) is 0 Å². The molecule has 12 rings (SSSR count). The van der Waals surface area contributed by atoms with Crippen molar-refractivity contribution in [2.45, 2.75) is 50.2 Å². The fourth-order valence-electron chi connectivity index (χ4n) is 10.7. The zero-order chi connectivity index (χ0) is 38.9. The van der Waals surface area contributed by atoms with E-state index >= 15 is 0 Å². The first-order chi connectivity index (χ1) is 29.2. The first kappa shape index (κ1) is 34.8. The Morgan fingerprint density at radius 2 is 1.54 bits per heavy atom. The van der Waals surface area contributed by atoms with E-state index in [9.17, 15) is 0 Å². The molecule has 0 saturated carbocycles. The Hall–Kier alpha value is -6.16. The number of benzene rings is 5. The average Bonchev–Trinajstić information content (AvgIpc) is 3.88. The first-order valence-electron chi connectivity index (χ1n) is 21.5. The van der Waals surface area contributed by atoms with Crippen LogP contribution in [0.5, 0.6) is 5.75 Å². The number of hydrogen-bond acceptors (Lipinski definition) is 3. The summed E-state index contributed by atoms with van der Waals surface area (Å²) >= 11 is 1.98. The molecule has 5 aliphatic carbocycles. The maximum Gasteiger partial charge on any atom is 0.128 e. The third-order valence-electron chi connectivity index (χ3n) is 13.6. The zero-order valence-corrected chi connectivity index (χ0v) is 33.8. The lowest BCUT2D eigenvalue weighted by Crippen LogP contribution is -2.40. The number of nitrogens with zero attached hydrogens (tertiary/aromatic N) is 1. The molecule has 5 aromatic carbocycles. The van der Waals surface area contributed by atoms with E-state index in [2.05, 4.69) is 187 Å². The van der Waals surface area contributed by atoms with E-state index in [4.69, 9.17) is 4.74 Å². The van der Waals surface area contributed by atoms with Crippen molar-refractivity contribution in [1.29, 1.82) is 0 Å². The van der Waals surface area contributed by atoms with E-state index in [1.165, 1.54) is 87.1 Å².